The van der Waals surface area contributed by atoms with Crippen molar-refractivity contribution in [3.05, 3.63) is 18.2 Å². The van der Waals surface area contributed by atoms with Crippen LogP contribution in [-0.4, -0.2) is 43.1 Å². The van der Waals surface area contributed by atoms with Crippen molar-refractivity contribution in [3.8, 4) is 0 Å². The molecule has 7 heteroatoms. The molecule has 0 amide bonds. The van der Waals surface area contributed by atoms with Gasteiger partial charge in [0.25, 0.3) is 0 Å². The Kier molecular flexibility index (Phi) is 4.62. The number of anilines is 2. The van der Waals surface area contributed by atoms with E-state index >= 15 is 0 Å². The highest BCUT2D eigenvalue weighted by Gasteiger charge is 2.35. The molecular weight excluding hydrogens is 290 g/mol. The van der Waals surface area contributed by atoms with Crippen LogP contribution in [0.25, 0.3) is 0 Å². The first-order valence-electron chi connectivity index (χ1n) is 6.62. The van der Waals surface area contributed by atoms with Crippen LogP contribution >= 0.6 is 0 Å². The van der Waals surface area contributed by atoms with E-state index in [9.17, 15) is 13.5 Å². The van der Waals surface area contributed by atoms with E-state index in [-0.39, 0.29) is 10.6 Å². The maximum Gasteiger partial charge on any atom is 0.244 e. The summed E-state index contributed by atoms with van der Waals surface area (Å²) in [4.78, 5) is 0.0454. The Bertz CT molecular complexity index is 617. The standard InChI is InChI=1S/C14H25N3O3S/c1-13(2,14(3,4)18)16-10-8-7-9-11(12(10)15)21(19,20)17(5)6/h7-9,16,18H,15H2,1-6H3. The lowest BCUT2D eigenvalue weighted by Crippen LogP contribution is -2.51. The molecule has 0 aliphatic rings. The van der Waals surface area contributed by atoms with Gasteiger partial charge in [0.15, 0.2) is 0 Å². The van der Waals surface area contributed by atoms with Crippen molar-refractivity contribution in [1.82, 2.24) is 4.31 Å². The van der Waals surface area contributed by atoms with Crippen molar-refractivity contribution in [2.24, 2.45) is 0 Å². The summed E-state index contributed by atoms with van der Waals surface area (Å²) in [6.07, 6.45) is 0. The fraction of sp³-hybridized carbons (Fsp3) is 0.571. The van der Waals surface area contributed by atoms with Crippen LogP contribution in [0.3, 0.4) is 0 Å². The Morgan fingerprint density at radius 2 is 1.71 bits per heavy atom. The number of rotatable bonds is 5. The van der Waals surface area contributed by atoms with Crippen LogP contribution in [-0.2, 0) is 10.0 Å². The van der Waals surface area contributed by atoms with Crippen LogP contribution in [0.5, 0.6) is 0 Å². The average molecular weight is 315 g/mol. The Labute approximate surface area is 127 Å². The average Bonchev–Trinajstić information content (AvgIpc) is 2.29. The Morgan fingerprint density at radius 1 is 1.19 bits per heavy atom. The second-order valence-corrected chi connectivity index (χ2v) is 8.43. The molecule has 1 aromatic carbocycles. The van der Waals surface area contributed by atoms with E-state index in [0.29, 0.717) is 5.69 Å². The third kappa shape index (κ3) is 3.48. The number of hydrogen-bond acceptors (Lipinski definition) is 5. The fourth-order valence-electron chi connectivity index (χ4n) is 1.56. The minimum absolute atomic E-state index is 0.0454. The molecule has 0 bridgehead atoms. The predicted octanol–water partition coefficient (Wildman–Crippen LogP) is 1.48. The van der Waals surface area contributed by atoms with Crippen LogP contribution in [0, 0.1) is 0 Å². The lowest BCUT2D eigenvalue weighted by Gasteiger charge is -2.39. The van der Waals surface area contributed by atoms with Gasteiger partial charge in [0.05, 0.1) is 22.5 Å². The molecule has 0 saturated carbocycles. The molecule has 0 radical (unpaired) electrons. The van der Waals surface area contributed by atoms with Crippen molar-refractivity contribution in [1.29, 1.82) is 0 Å². The molecule has 0 atom stereocenters. The molecule has 0 aliphatic heterocycles. The number of benzene rings is 1. The molecule has 4 N–H and O–H groups in total. The molecule has 1 rings (SSSR count). The van der Waals surface area contributed by atoms with E-state index < -0.39 is 21.2 Å². The lowest BCUT2D eigenvalue weighted by atomic mass is 9.85. The van der Waals surface area contributed by atoms with Crippen molar-refractivity contribution < 1.29 is 13.5 Å². The van der Waals surface area contributed by atoms with E-state index in [4.69, 9.17) is 5.73 Å². The highest BCUT2D eigenvalue weighted by Crippen LogP contribution is 2.33. The number of aliphatic hydroxyl groups is 1. The molecule has 6 nitrogen and oxygen atoms in total. The summed E-state index contributed by atoms with van der Waals surface area (Å²) in [7, 11) is -0.707. The summed E-state index contributed by atoms with van der Waals surface area (Å²) >= 11 is 0. The van der Waals surface area contributed by atoms with Gasteiger partial charge in [-0.1, -0.05) is 6.07 Å². The van der Waals surface area contributed by atoms with E-state index in [1.165, 1.54) is 20.2 Å². The second kappa shape index (κ2) is 5.47. The first-order valence-corrected chi connectivity index (χ1v) is 8.06. The summed E-state index contributed by atoms with van der Waals surface area (Å²) in [5.74, 6) is 0. The zero-order valence-electron chi connectivity index (χ0n) is 13.4. The highest BCUT2D eigenvalue weighted by atomic mass is 32.2. The highest BCUT2D eigenvalue weighted by molar-refractivity contribution is 7.89. The van der Waals surface area contributed by atoms with Gasteiger partial charge in [-0.05, 0) is 39.8 Å². The first kappa shape index (κ1) is 17.7. The quantitative estimate of drug-likeness (QED) is 0.715. The number of nitrogens with two attached hydrogens (primary N) is 1. The van der Waals surface area contributed by atoms with Gasteiger partial charge in [0.1, 0.15) is 4.90 Å². The molecule has 120 valence electrons. The summed E-state index contributed by atoms with van der Waals surface area (Å²) in [5, 5.41) is 13.3. The number of nitrogens with one attached hydrogen (secondary N) is 1. The maximum absolute atomic E-state index is 12.2. The van der Waals surface area contributed by atoms with Gasteiger partial charge >= 0.3 is 0 Å². The molecule has 0 aliphatic carbocycles. The largest absolute Gasteiger partial charge is 0.396 e. The number of nitrogens with zero attached hydrogens (tertiary/aromatic N) is 1. The minimum atomic E-state index is -3.62. The second-order valence-electron chi connectivity index (χ2n) is 6.31. The zero-order valence-corrected chi connectivity index (χ0v) is 14.2. The van der Waals surface area contributed by atoms with Gasteiger partial charge in [-0.3, -0.25) is 0 Å². The fourth-order valence-corrected chi connectivity index (χ4v) is 2.60. The van der Waals surface area contributed by atoms with Crippen LogP contribution < -0.4 is 11.1 Å². The van der Waals surface area contributed by atoms with E-state index in [1.54, 1.807) is 26.0 Å². The summed E-state index contributed by atoms with van der Waals surface area (Å²) in [6, 6.07) is 4.78. The van der Waals surface area contributed by atoms with Crippen molar-refractivity contribution >= 4 is 21.4 Å². The van der Waals surface area contributed by atoms with Gasteiger partial charge in [-0.2, -0.15) is 0 Å². The van der Waals surface area contributed by atoms with Crippen LogP contribution in [0.4, 0.5) is 11.4 Å². The summed E-state index contributed by atoms with van der Waals surface area (Å²) in [6.45, 7) is 6.99. The first-order chi connectivity index (χ1) is 9.30. The van der Waals surface area contributed by atoms with Gasteiger partial charge < -0.3 is 16.2 Å². The molecule has 0 heterocycles. The monoisotopic (exact) mass is 315 g/mol. The molecule has 0 aromatic heterocycles. The normalized spacial score (nSPS) is 13.5. The Hall–Kier alpha value is -1.31. The number of nitrogen functional groups attached to an aromatic ring is 1. The number of para-hydroxylation sites is 1. The molecular formula is C14H25N3O3S. The topological polar surface area (TPSA) is 95.7 Å². The van der Waals surface area contributed by atoms with E-state index in [0.717, 1.165) is 4.31 Å². The van der Waals surface area contributed by atoms with Crippen molar-refractivity contribution in [3.63, 3.8) is 0 Å². The summed E-state index contributed by atoms with van der Waals surface area (Å²) in [5.41, 5.74) is 4.92. The van der Waals surface area contributed by atoms with E-state index in [2.05, 4.69) is 5.32 Å². The molecule has 0 fully saturated rings. The van der Waals surface area contributed by atoms with Crippen molar-refractivity contribution in [2.75, 3.05) is 25.1 Å². The van der Waals surface area contributed by atoms with Crippen LogP contribution in [0.2, 0.25) is 0 Å². The van der Waals surface area contributed by atoms with Crippen LogP contribution in [0.15, 0.2) is 23.1 Å². The van der Waals surface area contributed by atoms with Gasteiger partial charge in [-0.15, -0.1) is 0 Å². The minimum Gasteiger partial charge on any atom is -0.396 e. The number of sulfonamides is 1. The summed E-state index contributed by atoms with van der Waals surface area (Å²) < 4.78 is 25.6. The van der Waals surface area contributed by atoms with Gasteiger partial charge in [0, 0.05) is 14.1 Å². The SMILES string of the molecule is CN(C)S(=O)(=O)c1cccc(NC(C)(C)C(C)(C)O)c1N. The van der Waals surface area contributed by atoms with Crippen molar-refractivity contribution in [2.45, 2.75) is 43.7 Å². The third-order valence-corrected chi connectivity index (χ3v) is 5.67. The predicted molar refractivity (Wildman–Crippen MR) is 85.7 cm³/mol. The van der Waals surface area contributed by atoms with Gasteiger partial charge in [-0.25, -0.2) is 12.7 Å². The van der Waals surface area contributed by atoms with E-state index in [1.807, 2.05) is 13.8 Å². The third-order valence-electron chi connectivity index (χ3n) is 3.80. The molecule has 0 unspecified atom stereocenters. The smallest absolute Gasteiger partial charge is 0.244 e. The number of hydrogen-bond donors (Lipinski definition) is 3. The Morgan fingerprint density at radius 3 is 2.14 bits per heavy atom. The zero-order chi connectivity index (χ0) is 16.6. The molecule has 21 heavy (non-hydrogen) atoms. The Balaban J connectivity index is 3.32. The molecule has 0 saturated heterocycles. The maximum atomic E-state index is 12.2. The van der Waals surface area contributed by atoms with Crippen LogP contribution in [0.1, 0.15) is 27.7 Å². The molecule has 1 aromatic rings. The lowest BCUT2D eigenvalue weighted by molar-refractivity contribution is 0.0241. The molecule has 0 spiro atoms. The van der Waals surface area contributed by atoms with Gasteiger partial charge in [0.2, 0.25) is 10.0 Å².